The molecule has 0 amide bonds. The first kappa shape index (κ1) is 12.6. The van der Waals surface area contributed by atoms with Crippen LogP contribution in [0.5, 0.6) is 5.75 Å². The van der Waals surface area contributed by atoms with Crippen LogP contribution < -0.4 is 0 Å². The standard InChI is InChI=1S/C13H18O3/c1-8-5-6-10(14)12(9(8)2)13(3,4)7-11(15)16/h5-6,14H,7H2,1-4H3,(H,15,16). The molecule has 0 atom stereocenters. The molecule has 0 spiro atoms. The normalized spacial score (nSPS) is 11.5. The maximum absolute atomic E-state index is 10.8. The summed E-state index contributed by atoms with van der Waals surface area (Å²) < 4.78 is 0. The number of hydrogen-bond acceptors (Lipinski definition) is 2. The summed E-state index contributed by atoms with van der Waals surface area (Å²) in [5.41, 5.74) is 2.19. The molecule has 0 aliphatic heterocycles. The van der Waals surface area contributed by atoms with Gasteiger partial charge in [0.15, 0.2) is 0 Å². The van der Waals surface area contributed by atoms with Crippen LogP contribution in [0.1, 0.15) is 37.0 Å². The van der Waals surface area contributed by atoms with Crippen molar-refractivity contribution in [2.75, 3.05) is 0 Å². The largest absolute Gasteiger partial charge is 0.508 e. The van der Waals surface area contributed by atoms with Gasteiger partial charge in [-0.25, -0.2) is 0 Å². The van der Waals surface area contributed by atoms with E-state index in [0.29, 0.717) is 0 Å². The fourth-order valence-corrected chi connectivity index (χ4v) is 2.12. The van der Waals surface area contributed by atoms with E-state index >= 15 is 0 Å². The number of benzene rings is 1. The van der Waals surface area contributed by atoms with E-state index in [1.165, 1.54) is 0 Å². The van der Waals surface area contributed by atoms with Crippen LogP contribution in [-0.2, 0) is 10.2 Å². The summed E-state index contributed by atoms with van der Waals surface area (Å²) in [6, 6.07) is 3.46. The second-order valence-corrected chi connectivity index (χ2v) is 4.86. The van der Waals surface area contributed by atoms with Gasteiger partial charge in [0.1, 0.15) is 5.75 Å². The van der Waals surface area contributed by atoms with E-state index in [1.807, 2.05) is 33.8 Å². The van der Waals surface area contributed by atoms with Crippen LogP contribution in [0.4, 0.5) is 0 Å². The zero-order valence-electron chi connectivity index (χ0n) is 10.2. The molecule has 0 radical (unpaired) electrons. The Balaban J connectivity index is 3.31. The monoisotopic (exact) mass is 222 g/mol. The SMILES string of the molecule is Cc1ccc(O)c(C(C)(C)CC(=O)O)c1C. The van der Waals surface area contributed by atoms with Gasteiger partial charge >= 0.3 is 5.97 Å². The Kier molecular flexibility index (Phi) is 3.27. The molecule has 0 aliphatic rings. The highest BCUT2D eigenvalue weighted by Crippen LogP contribution is 2.37. The average molecular weight is 222 g/mol. The number of phenols is 1. The van der Waals surface area contributed by atoms with Crippen LogP contribution in [-0.4, -0.2) is 16.2 Å². The van der Waals surface area contributed by atoms with Gasteiger partial charge in [-0.1, -0.05) is 19.9 Å². The van der Waals surface area contributed by atoms with E-state index in [-0.39, 0.29) is 12.2 Å². The molecule has 1 aromatic carbocycles. The first-order chi connectivity index (χ1) is 7.25. The number of carboxylic acid groups (broad SMARTS) is 1. The molecule has 0 bridgehead atoms. The summed E-state index contributed by atoms with van der Waals surface area (Å²) in [7, 11) is 0. The molecule has 1 aromatic rings. The highest BCUT2D eigenvalue weighted by atomic mass is 16.4. The lowest BCUT2D eigenvalue weighted by Crippen LogP contribution is -2.23. The van der Waals surface area contributed by atoms with Gasteiger partial charge in [0, 0.05) is 11.0 Å². The molecule has 0 fully saturated rings. The summed E-state index contributed by atoms with van der Waals surface area (Å²) >= 11 is 0. The van der Waals surface area contributed by atoms with E-state index in [0.717, 1.165) is 16.7 Å². The number of phenolic OH excluding ortho intramolecular Hbond substituents is 1. The second-order valence-electron chi connectivity index (χ2n) is 4.86. The zero-order chi connectivity index (χ0) is 12.5. The average Bonchev–Trinajstić information content (AvgIpc) is 2.09. The van der Waals surface area contributed by atoms with Gasteiger partial charge in [-0.2, -0.15) is 0 Å². The van der Waals surface area contributed by atoms with Gasteiger partial charge in [-0.15, -0.1) is 0 Å². The second kappa shape index (κ2) is 4.16. The summed E-state index contributed by atoms with van der Waals surface area (Å²) in [5, 5.41) is 18.8. The Labute approximate surface area is 95.7 Å². The quantitative estimate of drug-likeness (QED) is 0.826. The van der Waals surface area contributed by atoms with Gasteiger partial charge in [0.25, 0.3) is 0 Å². The third-order valence-electron chi connectivity index (χ3n) is 2.98. The van der Waals surface area contributed by atoms with Gasteiger partial charge in [-0.05, 0) is 31.0 Å². The van der Waals surface area contributed by atoms with Crippen LogP contribution in [0.15, 0.2) is 12.1 Å². The number of carbonyl (C=O) groups is 1. The number of carboxylic acids is 1. The predicted octanol–water partition coefficient (Wildman–Crippen LogP) is 2.76. The maximum atomic E-state index is 10.8. The number of aryl methyl sites for hydroxylation is 1. The minimum Gasteiger partial charge on any atom is -0.508 e. The Morgan fingerprint density at radius 1 is 1.31 bits per heavy atom. The van der Waals surface area contributed by atoms with E-state index in [4.69, 9.17) is 5.11 Å². The number of hydrogen-bond donors (Lipinski definition) is 2. The van der Waals surface area contributed by atoms with Crippen LogP contribution in [0.3, 0.4) is 0 Å². The lowest BCUT2D eigenvalue weighted by atomic mass is 9.78. The van der Waals surface area contributed by atoms with E-state index in [9.17, 15) is 9.90 Å². The number of aliphatic carboxylic acids is 1. The Morgan fingerprint density at radius 2 is 1.88 bits per heavy atom. The van der Waals surface area contributed by atoms with Crippen LogP contribution in [0.25, 0.3) is 0 Å². The van der Waals surface area contributed by atoms with Gasteiger partial charge in [0.2, 0.25) is 0 Å². The fraction of sp³-hybridized carbons (Fsp3) is 0.462. The zero-order valence-corrected chi connectivity index (χ0v) is 10.2. The Bertz CT molecular complexity index is 419. The summed E-state index contributed by atoms with van der Waals surface area (Å²) in [6.07, 6.45) is 0.00481. The van der Waals surface area contributed by atoms with Gasteiger partial charge in [0.05, 0.1) is 6.42 Å². The molecule has 0 unspecified atom stereocenters. The molecule has 0 saturated carbocycles. The molecule has 2 N–H and O–H groups in total. The van der Waals surface area contributed by atoms with Crippen LogP contribution >= 0.6 is 0 Å². The minimum absolute atomic E-state index is 0.00481. The van der Waals surface area contributed by atoms with E-state index in [2.05, 4.69) is 0 Å². The molecular weight excluding hydrogens is 204 g/mol. The summed E-state index contributed by atoms with van der Waals surface area (Å²) in [4.78, 5) is 10.8. The Hall–Kier alpha value is -1.51. The first-order valence-electron chi connectivity index (χ1n) is 5.27. The van der Waals surface area contributed by atoms with Crippen molar-refractivity contribution < 1.29 is 15.0 Å². The highest BCUT2D eigenvalue weighted by molar-refractivity contribution is 5.69. The molecule has 0 aromatic heterocycles. The number of rotatable bonds is 3. The predicted molar refractivity (Wildman–Crippen MR) is 62.9 cm³/mol. The first-order valence-corrected chi connectivity index (χ1v) is 5.27. The van der Waals surface area contributed by atoms with Crippen LogP contribution in [0, 0.1) is 13.8 Å². The van der Waals surface area contributed by atoms with Crippen molar-refractivity contribution in [2.24, 2.45) is 0 Å². The lowest BCUT2D eigenvalue weighted by Gasteiger charge is -2.27. The van der Waals surface area contributed by atoms with E-state index < -0.39 is 11.4 Å². The van der Waals surface area contributed by atoms with Gasteiger partial charge in [-0.3, -0.25) is 4.79 Å². The third-order valence-corrected chi connectivity index (χ3v) is 2.98. The molecule has 0 heterocycles. The fourth-order valence-electron chi connectivity index (χ4n) is 2.12. The minimum atomic E-state index is -0.856. The van der Waals surface area contributed by atoms with Crippen molar-refractivity contribution >= 4 is 5.97 Å². The maximum Gasteiger partial charge on any atom is 0.304 e. The van der Waals surface area contributed by atoms with Crippen molar-refractivity contribution in [1.29, 1.82) is 0 Å². The molecule has 3 nitrogen and oxygen atoms in total. The van der Waals surface area contributed by atoms with Crippen molar-refractivity contribution in [3.8, 4) is 5.75 Å². The lowest BCUT2D eigenvalue weighted by molar-refractivity contribution is -0.138. The van der Waals surface area contributed by atoms with Crippen LogP contribution in [0.2, 0.25) is 0 Å². The smallest absolute Gasteiger partial charge is 0.304 e. The summed E-state index contributed by atoms with van der Waals surface area (Å²) in [6.45, 7) is 7.54. The molecule has 16 heavy (non-hydrogen) atoms. The Morgan fingerprint density at radius 3 is 2.38 bits per heavy atom. The molecule has 1 rings (SSSR count). The van der Waals surface area contributed by atoms with Crippen molar-refractivity contribution in [3.63, 3.8) is 0 Å². The number of aromatic hydroxyl groups is 1. The molecular formula is C13H18O3. The van der Waals surface area contributed by atoms with Crippen molar-refractivity contribution in [3.05, 3.63) is 28.8 Å². The van der Waals surface area contributed by atoms with E-state index in [1.54, 1.807) is 6.07 Å². The molecule has 3 heteroatoms. The van der Waals surface area contributed by atoms with Crippen molar-refractivity contribution in [2.45, 2.75) is 39.5 Å². The highest BCUT2D eigenvalue weighted by Gasteiger charge is 2.29. The molecule has 0 saturated heterocycles. The molecule has 0 aliphatic carbocycles. The molecule has 88 valence electrons. The topological polar surface area (TPSA) is 57.5 Å². The third kappa shape index (κ3) is 2.35. The summed E-state index contributed by atoms with van der Waals surface area (Å²) in [5.74, 6) is -0.681. The van der Waals surface area contributed by atoms with Crippen molar-refractivity contribution in [1.82, 2.24) is 0 Å². The van der Waals surface area contributed by atoms with Gasteiger partial charge < -0.3 is 10.2 Å².